The van der Waals surface area contributed by atoms with E-state index in [9.17, 15) is 13.6 Å². The van der Waals surface area contributed by atoms with Crippen molar-refractivity contribution >= 4 is 23.4 Å². The zero-order valence-corrected chi connectivity index (χ0v) is 19.4. The molecule has 4 aromatic rings. The second-order valence-corrected chi connectivity index (χ2v) is 8.42. The van der Waals surface area contributed by atoms with E-state index < -0.39 is 11.7 Å². The quantitative estimate of drug-likeness (QED) is 0.329. The number of carbonyl (C=O) groups is 1. The van der Waals surface area contributed by atoms with E-state index in [1.807, 2.05) is 20.8 Å². The third-order valence-corrected chi connectivity index (χ3v) is 5.97. The molecule has 0 fully saturated rings. The Morgan fingerprint density at radius 2 is 1.74 bits per heavy atom. The Morgan fingerprint density at radius 1 is 1.00 bits per heavy atom. The average Bonchev–Trinajstić information content (AvgIpc) is 3.08. The van der Waals surface area contributed by atoms with Crippen molar-refractivity contribution < 1.29 is 18.3 Å². The van der Waals surface area contributed by atoms with E-state index in [2.05, 4.69) is 20.6 Å². The van der Waals surface area contributed by atoms with Gasteiger partial charge in [-0.05, 0) is 68.8 Å². The number of rotatable bonds is 7. The molecule has 1 amide bonds. The number of thioether (sulfide) groups is 1. The number of benzene rings is 2. The predicted molar refractivity (Wildman–Crippen MR) is 126 cm³/mol. The number of ether oxygens (including phenoxy) is 1. The Kier molecular flexibility index (Phi) is 6.87. The van der Waals surface area contributed by atoms with Crippen molar-refractivity contribution in [3.63, 3.8) is 0 Å². The summed E-state index contributed by atoms with van der Waals surface area (Å²) in [5.41, 5.74) is 3.71. The fourth-order valence-electron chi connectivity index (χ4n) is 3.20. The number of hydrogen-bond acceptors (Lipinski definition) is 6. The number of halogens is 2. The summed E-state index contributed by atoms with van der Waals surface area (Å²) in [5.74, 6) is -1.70. The summed E-state index contributed by atoms with van der Waals surface area (Å²) in [6, 6.07) is 16.3. The maximum Gasteiger partial charge on any atom is 0.288 e. The number of aryl methyl sites for hydroxylation is 1. The Labute approximate surface area is 199 Å². The number of alkyl halides is 2. The highest BCUT2D eigenvalue weighted by Gasteiger charge is 2.15. The van der Waals surface area contributed by atoms with E-state index in [1.54, 1.807) is 53.2 Å². The standard InChI is InChI=1S/C24H21F2N5O2S/c1-14-15(2)30-31(16(14)3)21-12-13-22(29-28-21)33-18-10-8-17(9-11-18)27-23(32)19-6-4-5-7-20(19)34-24(25)26/h4-13,24H,1-3H3,(H,27,32). The summed E-state index contributed by atoms with van der Waals surface area (Å²) in [4.78, 5) is 12.8. The molecule has 0 saturated carbocycles. The first-order valence-electron chi connectivity index (χ1n) is 10.3. The normalized spacial score (nSPS) is 11.0. The van der Waals surface area contributed by atoms with Crippen LogP contribution in [-0.4, -0.2) is 31.6 Å². The first-order valence-corrected chi connectivity index (χ1v) is 11.2. The lowest BCUT2D eigenvalue weighted by Gasteiger charge is -2.10. The van der Waals surface area contributed by atoms with E-state index in [-0.39, 0.29) is 10.5 Å². The highest BCUT2D eigenvalue weighted by atomic mass is 32.2. The second-order valence-electron chi connectivity index (χ2n) is 7.39. The van der Waals surface area contributed by atoms with Gasteiger partial charge in [-0.1, -0.05) is 23.9 Å². The predicted octanol–water partition coefficient (Wildman–Crippen LogP) is 5.95. The van der Waals surface area contributed by atoms with Crippen molar-refractivity contribution in [1.29, 1.82) is 0 Å². The third kappa shape index (κ3) is 5.23. The van der Waals surface area contributed by atoms with E-state index in [4.69, 9.17) is 4.74 Å². The van der Waals surface area contributed by atoms with Gasteiger partial charge in [0, 0.05) is 22.3 Å². The molecule has 0 aliphatic rings. The van der Waals surface area contributed by atoms with Crippen LogP contribution < -0.4 is 10.1 Å². The maximum absolute atomic E-state index is 12.8. The summed E-state index contributed by atoms with van der Waals surface area (Å²) < 4.78 is 33.0. The molecule has 0 bridgehead atoms. The number of hydrogen-bond donors (Lipinski definition) is 1. The summed E-state index contributed by atoms with van der Waals surface area (Å²) in [7, 11) is 0. The highest BCUT2D eigenvalue weighted by molar-refractivity contribution is 7.99. The number of nitrogens with zero attached hydrogens (tertiary/aromatic N) is 4. The van der Waals surface area contributed by atoms with Crippen LogP contribution in [0.2, 0.25) is 0 Å². The van der Waals surface area contributed by atoms with Gasteiger partial charge in [-0.3, -0.25) is 4.79 Å². The topological polar surface area (TPSA) is 81.9 Å². The lowest BCUT2D eigenvalue weighted by atomic mass is 10.2. The SMILES string of the molecule is Cc1nn(-c2ccc(Oc3ccc(NC(=O)c4ccccc4SC(F)F)cc3)nn2)c(C)c1C. The smallest absolute Gasteiger partial charge is 0.288 e. The van der Waals surface area contributed by atoms with Gasteiger partial charge < -0.3 is 10.1 Å². The van der Waals surface area contributed by atoms with Gasteiger partial charge in [0.25, 0.3) is 11.7 Å². The minimum Gasteiger partial charge on any atom is -0.438 e. The molecule has 0 aliphatic heterocycles. The van der Waals surface area contributed by atoms with Crippen molar-refractivity contribution in [1.82, 2.24) is 20.0 Å². The van der Waals surface area contributed by atoms with Gasteiger partial charge in [0.2, 0.25) is 5.88 Å². The summed E-state index contributed by atoms with van der Waals surface area (Å²) in [6.45, 7) is 5.92. The molecule has 0 spiro atoms. The van der Waals surface area contributed by atoms with Crippen LogP contribution in [-0.2, 0) is 0 Å². The Balaban J connectivity index is 1.41. The molecule has 2 heterocycles. The molecule has 0 atom stereocenters. The van der Waals surface area contributed by atoms with Gasteiger partial charge >= 0.3 is 0 Å². The van der Waals surface area contributed by atoms with Crippen molar-refractivity contribution in [3.05, 3.63) is 83.2 Å². The van der Waals surface area contributed by atoms with Crippen LogP contribution in [0.4, 0.5) is 14.5 Å². The Morgan fingerprint density at radius 3 is 2.35 bits per heavy atom. The van der Waals surface area contributed by atoms with Crippen LogP contribution in [0.3, 0.4) is 0 Å². The van der Waals surface area contributed by atoms with E-state index in [1.165, 1.54) is 12.1 Å². The molecule has 34 heavy (non-hydrogen) atoms. The second kappa shape index (κ2) is 10.0. The van der Waals surface area contributed by atoms with Crippen LogP contribution >= 0.6 is 11.8 Å². The molecule has 0 unspecified atom stereocenters. The molecule has 7 nitrogen and oxygen atoms in total. The molecule has 0 aliphatic carbocycles. The number of nitrogens with one attached hydrogen (secondary N) is 1. The molecule has 0 saturated heterocycles. The molecule has 4 rings (SSSR count). The average molecular weight is 482 g/mol. The molecular weight excluding hydrogens is 460 g/mol. The Bertz CT molecular complexity index is 1310. The third-order valence-electron chi connectivity index (χ3n) is 5.18. The monoisotopic (exact) mass is 481 g/mol. The minimum atomic E-state index is -2.61. The van der Waals surface area contributed by atoms with Gasteiger partial charge in [-0.2, -0.15) is 13.9 Å². The van der Waals surface area contributed by atoms with Crippen molar-refractivity contribution in [3.8, 4) is 17.4 Å². The van der Waals surface area contributed by atoms with E-state index in [0.29, 0.717) is 34.9 Å². The molecule has 174 valence electrons. The number of amides is 1. The number of aromatic nitrogens is 4. The largest absolute Gasteiger partial charge is 0.438 e. The zero-order valence-electron chi connectivity index (χ0n) is 18.6. The highest BCUT2D eigenvalue weighted by Crippen LogP contribution is 2.29. The first-order chi connectivity index (χ1) is 16.3. The summed E-state index contributed by atoms with van der Waals surface area (Å²) in [6.07, 6.45) is 0. The van der Waals surface area contributed by atoms with Crippen LogP contribution in [0.1, 0.15) is 27.3 Å². The number of anilines is 1. The number of carbonyl (C=O) groups excluding carboxylic acids is 1. The lowest BCUT2D eigenvalue weighted by molar-refractivity contribution is 0.102. The fourth-order valence-corrected chi connectivity index (χ4v) is 3.84. The molecular formula is C24H21F2N5O2S. The lowest BCUT2D eigenvalue weighted by Crippen LogP contribution is -2.13. The zero-order chi connectivity index (χ0) is 24.2. The van der Waals surface area contributed by atoms with Gasteiger partial charge in [0.15, 0.2) is 5.82 Å². The molecule has 1 N–H and O–H groups in total. The molecule has 0 radical (unpaired) electrons. The van der Waals surface area contributed by atoms with Gasteiger partial charge in [-0.25, -0.2) is 4.68 Å². The summed E-state index contributed by atoms with van der Waals surface area (Å²) >= 11 is 0.337. The molecule has 2 aromatic carbocycles. The summed E-state index contributed by atoms with van der Waals surface area (Å²) in [5, 5.41) is 15.5. The van der Waals surface area contributed by atoms with Crippen LogP contribution in [0, 0.1) is 20.8 Å². The minimum absolute atomic E-state index is 0.182. The molecule has 10 heteroatoms. The van der Waals surface area contributed by atoms with Crippen molar-refractivity contribution in [2.75, 3.05) is 5.32 Å². The fraction of sp³-hybridized carbons (Fsp3) is 0.167. The first kappa shape index (κ1) is 23.4. The van der Waals surface area contributed by atoms with Gasteiger partial charge in [0.1, 0.15) is 5.75 Å². The Hall–Kier alpha value is -3.79. The van der Waals surface area contributed by atoms with Gasteiger partial charge in [-0.15, -0.1) is 10.2 Å². The van der Waals surface area contributed by atoms with Crippen molar-refractivity contribution in [2.24, 2.45) is 0 Å². The van der Waals surface area contributed by atoms with Gasteiger partial charge in [0.05, 0.1) is 11.3 Å². The van der Waals surface area contributed by atoms with Crippen LogP contribution in [0.5, 0.6) is 11.6 Å². The molecule has 2 aromatic heterocycles. The van der Waals surface area contributed by atoms with E-state index >= 15 is 0 Å². The van der Waals surface area contributed by atoms with Crippen LogP contribution in [0.25, 0.3) is 5.82 Å². The van der Waals surface area contributed by atoms with Crippen molar-refractivity contribution in [2.45, 2.75) is 31.4 Å². The van der Waals surface area contributed by atoms with Crippen LogP contribution in [0.15, 0.2) is 65.6 Å². The maximum atomic E-state index is 12.8. The van der Waals surface area contributed by atoms with E-state index in [0.717, 1.165) is 17.0 Å².